The molecule has 1 aromatic heterocycles. The Hall–Kier alpha value is -0.550. The van der Waals surface area contributed by atoms with Gasteiger partial charge in [-0.15, -0.1) is 5.10 Å². The van der Waals surface area contributed by atoms with E-state index in [9.17, 15) is 0 Å². The van der Waals surface area contributed by atoms with Crippen molar-refractivity contribution in [3.63, 3.8) is 0 Å². The number of rotatable bonds is 9. The van der Waals surface area contributed by atoms with E-state index >= 15 is 0 Å². The number of nitrogens with zero attached hydrogens (tertiary/aromatic N) is 3. The van der Waals surface area contributed by atoms with Crippen LogP contribution >= 0.6 is 11.8 Å². The molecule has 1 rings (SSSR count). The summed E-state index contributed by atoms with van der Waals surface area (Å²) >= 11 is 2.02. The third-order valence-corrected chi connectivity index (χ3v) is 4.44. The Morgan fingerprint density at radius 2 is 2.17 bits per heavy atom. The van der Waals surface area contributed by atoms with Crippen LogP contribution in [0.15, 0.2) is 6.20 Å². The smallest absolute Gasteiger partial charge is 0.0764 e. The van der Waals surface area contributed by atoms with Gasteiger partial charge in [-0.25, -0.2) is 4.68 Å². The first-order chi connectivity index (χ1) is 8.72. The van der Waals surface area contributed by atoms with Crippen LogP contribution in [0.25, 0.3) is 0 Å². The van der Waals surface area contributed by atoms with Crippen molar-refractivity contribution in [2.75, 3.05) is 12.3 Å². The van der Waals surface area contributed by atoms with Crippen LogP contribution in [-0.4, -0.2) is 32.5 Å². The van der Waals surface area contributed by atoms with Gasteiger partial charge in [0, 0.05) is 17.5 Å². The number of aromatic nitrogens is 3. The van der Waals surface area contributed by atoms with Gasteiger partial charge in [-0.2, -0.15) is 11.8 Å². The summed E-state index contributed by atoms with van der Waals surface area (Å²) in [6.45, 7) is 10.8. The van der Waals surface area contributed by atoms with E-state index in [2.05, 4.69) is 43.3 Å². The number of thioether (sulfide) groups is 1. The lowest BCUT2D eigenvalue weighted by atomic mass is 10.2. The fourth-order valence-corrected chi connectivity index (χ4v) is 2.84. The Bertz CT molecular complexity index is 327. The first-order valence-corrected chi connectivity index (χ1v) is 8.01. The average Bonchev–Trinajstić information content (AvgIpc) is 2.82. The number of nitrogens with one attached hydrogen (secondary N) is 1. The van der Waals surface area contributed by atoms with E-state index in [1.54, 1.807) is 0 Å². The molecule has 0 saturated heterocycles. The number of hydrogen-bond acceptors (Lipinski definition) is 4. The molecule has 0 aromatic carbocycles. The van der Waals surface area contributed by atoms with Crippen molar-refractivity contribution < 1.29 is 0 Å². The molecule has 0 amide bonds. The van der Waals surface area contributed by atoms with Crippen molar-refractivity contribution >= 4 is 11.8 Å². The molecule has 2 unspecified atom stereocenters. The molecule has 5 heteroatoms. The normalized spacial score (nSPS) is 14.7. The molecule has 18 heavy (non-hydrogen) atoms. The van der Waals surface area contributed by atoms with Crippen LogP contribution in [0.4, 0.5) is 0 Å². The molecule has 0 fully saturated rings. The van der Waals surface area contributed by atoms with Crippen LogP contribution in [0, 0.1) is 0 Å². The molecule has 1 N–H and O–H groups in total. The van der Waals surface area contributed by atoms with Gasteiger partial charge in [0.15, 0.2) is 0 Å². The summed E-state index contributed by atoms with van der Waals surface area (Å²) in [5.74, 6) is 1.08. The highest BCUT2D eigenvalue weighted by atomic mass is 32.2. The quantitative estimate of drug-likeness (QED) is 0.749. The topological polar surface area (TPSA) is 42.7 Å². The first kappa shape index (κ1) is 15.5. The van der Waals surface area contributed by atoms with Crippen molar-refractivity contribution in [3.8, 4) is 0 Å². The Morgan fingerprint density at radius 1 is 1.39 bits per heavy atom. The number of hydrogen-bond donors (Lipinski definition) is 1. The van der Waals surface area contributed by atoms with Crippen molar-refractivity contribution in [1.82, 2.24) is 20.3 Å². The molecule has 0 aliphatic rings. The van der Waals surface area contributed by atoms with E-state index in [0.717, 1.165) is 25.3 Å². The van der Waals surface area contributed by atoms with Gasteiger partial charge in [-0.05, 0) is 19.4 Å². The molecule has 0 spiro atoms. The van der Waals surface area contributed by atoms with Crippen molar-refractivity contribution in [2.24, 2.45) is 0 Å². The summed E-state index contributed by atoms with van der Waals surface area (Å²) < 4.78 is 2.03. The predicted molar refractivity (Wildman–Crippen MR) is 78.9 cm³/mol. The monoisotopic (exact) mass is 270 g/mol. The molecule has 0 aliphatic carbocycles. The second kappa shape index (κ2) is 8.53. The molecule has 4 nitrogen and oxygen atoms in total. The molecular weight excluding hydrogens is 244 g/mol. The largest absolute Gasteiger partial charge is 0.308 e. The molecule has 0 aliphatic heterocycles. The lowest BCUT2D eigenvalue weighted by molar-refractivity contribution is 0.500. The maximum absolute atomic E-state index is 4.17. The van der Waals surface area contributed by atoms with E-state index < -0.39 is 0 Å². The highest BCUT2D eigenvalue weighted by molar-refractivity contribution is 7.99. The van der Waals surface area contributed by atoms with Gasteiger partial charge in [0.2, 0.25) is 0 Å². The van der Waals surface area contributed by atoms with Crippen LogP contribution in [0.5, 0.6) is 0 Å². The highest BCUT2D eigenvalue weighted by Crippen LogP contribution is 2.22. The van der Waals surface area contributed by atoms with Crippen LogP contribution in [0.2, 0.25) is 0 Å². The van der Waals surface area contributed by atoms with Crippen molar-refractivity contribution in [2.45, 2.75) is 58.4 Å². The number of aryl methyl sites for hydroxylation is 1. The molecule has 0 radical (unpaired) electrons. The van der Waals surface area contributed by atoms with Gasteiger partial charge >= 0.3 is 0 Å². The first-order valence-electron chi connectivity index (χ1n) is 6.96. The van der Waals surface area contributed by atoms with E-state index in [4.69, 9.17) is 0 Å². The van der Waals surface area contributed by atoms with E-state index in [1.165, 1.54) is 12.1 Å². The molecule has 2 atom stereocenters. The minimum Gasteiger partial charge on any atom is -0.308 e. The minimum atomic E-state index is 0.357. The van der Waals surface area contributed by atoms with Crippen molar-refractivity contribution in [3.05, 3.63) is 11.9 Å². The Kier molecular flexibility index (Phi) is 7.35. The van der Waals surface area contributed by atoms with Gasteiger partial charge in [-0.1, -0.05) is 32.9 Å². The lowest BCUT2D eigenvalue weighted by Crippen LogP contribution is -2.26. The second-order valence-corrected chi connectivity index (χ2v) is 6.02. The molecule has 1 aromatic rings. The van der Waals surface area contributed by atoms with E-state index in [0.29, 0.717) is 11.3 Å². The summed E-state index contributed by atoms with van der Waals surface area (Å²) in [4.78, 5) is 0. The van der Waals surface area contributed by atoms with Crippen LogP contribution in [0.3, 0.4) is 0 Å². The standard InChI is InChI=1S/C13H26N4S/c1-5-8-17-13(9-15-16-17)12(14-7-3)10-18-11(4)6-2/h9,11-12,14H,5-8,10H2,1-4H3. The fourth-order valence-electron chi connectivity index (χ4n) is 1.79. The van der Waals surface area contributed by atoms with Gasteiger partial charge < -0.3 is 5.32 Å². The minimum absolute atomic E-state index is 0.357. The molecular formula is C13H26N4S. The maximum Gasteiger partial charge on any atom is 0.0764 e. The van der Waals surface area contributed by atoms with E-state index in [1.807, 2.05) is 22.6 Å². The molecule has 1 heterocycles. The van der Waals surface area contributed by atoms with Gasteiger partial charge in [0.25, 0.3) is 0 Å². The van der Waals surface area contributed by atoms with Gasteiger partial charge in [-0.3, -0.25) is 0 Å². The predicted octanol–water partition coefficient (Wildman–Crippen LogP) is 2.87. The third kappa shape index (κ3) is 4.61. The third-order valence-electron chi connectivity index (χ3n) is 3.01. The SMILES string of the molecule is CCCn1nncc1C(CSC(C)CC)NCC. The van der Waals surface area contributed by atoms with Crippen LogP contribution < -0.4 is 5.32 Å². The van der Waals surface area contributed by atoms with Gasteiger partial charge in [0.05, 0.1) is 17.9 Å². The lowest BCUT2D eigenvalue weighted by Gasteiger charge is -2.20. The summed E-state index contributed by atoms with van der Waals surface area (Å²) in [6, 6.07) is 0.357. The summed E-state index contributed by atoms with van der Waals surface area (Å²) in [5.41, 5.74) is 1.22. The summed E-state index contributed by atoms with van der Waals surface area (Å²) in [5, 5.41) is 12.5. The van der Waals surface area contributed by atoms with Crippen LogP contribution in [0.1, 0.15) is 52.3 Å². The summed E-state index contributed by atoms with van der Waals surface area (Å²) in [6.07, 6.45) is 4.21. The Labute approximate surface area is 115 Å². The molecule has 0 bridgehead atoms. The molecule has 104 valence electrons. The van der Waals surface area contributed by atoms with Gasteiger partial charge in [0.1, 0.15) is 0 Å². The Morgan fingerprint density at radius 3 is 2.78 bits per heavy atom. The highest BCUT2D eigenvalue weighted by Gasteiger charge is 2.17. The van der Waals surface area contributed by atoms with Crippen LogP contribution in [-0.2, 0) is 6.54 Å². The zero-order chi connectivity index (χ0) is 13.4. The molecule has 0 saturated carbocycles. The average molecular weight is 270 g/mol. The summed E-state index contributed by atoms with van der Waals surface area (Å²) in [7, 11) is 0. The second-order valence-electron chi connectivity index (χ2n) is 4.54. The Balaban J connectivity index is 2.67. The zero-order valence-corrected chi connectivity index (χ0v) is 12.8. The maximum atomic E-state index is 4.17. The zero-order valence-electron chi connectivity index (χ0n) is 12.0. The van der Waals surface area contributed by atoms with Crippen molar-refractivity contribution in [1.29, 1.82) is 0 Å². The fraction of sp³-hybridized carbons (Fsp3) is 0.846. The van der Waals surface area contributed by atoms with E-state index in [-0.39, 0.29) is 0 Å².